The second-order valence-corrected chi connectivity index (χ2v) is 5.97. The van der Waals surface area contributed by atoms with Crippen molar-refractivity contribution >= 4 is 39.1 Å². The van der Waals surface area contributed by atoms with Crippen LogP contribution < -0.4 is 11.3 Å². The van der Waals surface area contributed by atoms with Gasteiger partial charge in [0.05, 0.1) is 6.04 Å². The molecule has 0 fully saturated rings. The maximum atomic E-state index is 6.22. The van der Waals surface area contributed by atoms with Crippen LogP contribution in [0.15, 0.2) is 46.9 Å². The Morgan fingerprint density at radius 1 is 1.11 bits per heavy atom. The molecule has 5 heteroatoms. The third-order valence-electron chi connectivity index (χ3n) is 2.91. The number of rotatable bonds is 4. The van der Waals surface area contributed by atoms with Crippen molar-refractivity contribution in [3.8, 4) is 0 Å². The van der Waals surface area contributed by atoms with E-state index in [0.29, 0.717) is 11.4 Å². The summed E-state index contributed by atoms with van der Waals surface area (Å²) < 4.78 is 0.963. The van der Waals surface area contributed by atoms with Gasteiger partial charge in [-0.1, -0.05) is 57.3 Å². The van der Waals surface area contributed by atoms with E-state index in [-0.39, 0.29) is 6.04 Å². The monoisotopic (exact) mass is 358 g/mol. The fraction of sp³-hybridized carbons (Fsp3) is 0.143. The van der Waals surface area contributed by atoms with E-state index in [1.54, 1.807) is 0 Å². The van der Waals surface area contributed by atoms with Crippen LogP contribution in [0.5, 0.6) is 0 Å². The minimum atomic E-state index is -0.00376. The molecule has 3 N–H and O–H groups in total. The molecule has 1 atom stereocenters. The van der Waals surface area contributed by atoms with E-state index in [0.717, 1.165) is 20.6 Å². The van der Waals surface area contributed by atoms with Crippen molar-refractivity contribution in [2.24, 2.45) is 5.84 Å². The van der Waals surface area contributed by atoms with Crippen LogP contribution in [-0.4, -0.2) is 0 Å². The highest BCUT2D eigenvalue weighted by Crippen LogP contribution is 2.26. The van der Waals surface area contributed by atoms with Crippen LogP contribution in [0, 0.1) is 0 Å². The molecular weight excluding hydrogens is 347 g/mol. The van der Waals surface area contributed by atoms with Gasteiger partial charge in [-0.25, -0.2) is 0 Å². The van der Waals surface area contributed by atoms with Gasteiger partial charge in [-0.3, -0.25) is 11.3 Å². The average Bonchev–Trinajstić information content (AvgIpc) is 2.39. The van der Waals surface area contributed by atoms with Crippen molar-refractivity contribution in [2.45, 2.75) is 12.5 Å². The van der Waals surface area contributed by atoms with E-state index in [1.165, 1.54) is 0 Å². The molecule has 0 heterocycles. The van der Waals surface area contributed by atoms with E-state index in [2.05, 4.69) is 21.4 Å². The van der Waals surface area contributed by atoms with E-state index in [9.17, 15) is 0 Å². The van der Waals surface area contributed by atoms with Gasteiger partial charge < -0.3 is 0 Å². The van der Waals surface area contributed by atoms with Crippen molar-refractivity contribution in [1.29, 1.82) is 0 Å². The van der Waals surface area contributed by atoms with Gasteiger partial charge in [-0.15, -0.1) is 0 Å². The Balaban J connectivity index is 2.21. The smallest absolute Gasteiger partial charge is 0.0500 e. The van der Waals surface area contributed by atoms with Crippen LogP contribution in [0.2, 0.25) is 10.0 Å². The third-order valence-corrected chi connectivity index (χ3v) is 4.01. The van der Waals surface area contributed by atoms with Crippen LogP contribution >= 0.6 is 39.1 Å². The van der Waals surface area contributed by atoms with Gasteiger partial charge in [0.2, 0.25) is 0 Å². The number of halogens is 3. The summed E-state index contributed by atoms with van der Waals surface area (Å²) in [5.41, 5.74) is 4.93. The number of hydrogen-bond acceptors (Lipinski definition) is 2. The van der Waals surface area contributed by atoms with Gasteiger partial charge in [0.1, 0.15) is 0 Å². The Hall–Kier alpha value is -0.580. The lowest BCUT2D eigenvalue weighted by Crippen LogP contribution is -2.29. The molecule has 2 rings (SSSR count). The minimum Gasteiger partial charge on any atom is -0.271 e. The molecule has 2 aromatic carbocycles. The molecule has 2 aromatic rings. The molecule has 0 saturated carbocycles. The predicted octanol–water partition coefficient (Wildman–Crippen LogP) is 4.50. The van der Waals surface area contributed by atoms with Crippen LogP contribution in [-0.2, 0) is 6.42 Å². The summed E-state index contributed by atoms with van der Waals surface area (Å²) in [4.78, 5) is 0. The van der Waals surface area contributed by atoms with Gasteiger partial charge in [0.15, 0.2) is 0 Å². The number of hydrazine groups is 1. The molecular formula is C14H13BrCl2N2. The van der Waals surface area contributed by atoms with Gasteiger partial charge in [-0.05, 0) is 41.8 Å². The molecule has 0 aliphatic carbocycles. The van der Waals surface area contributed by atoms with E-state index < -0.39 is 0 Å². The Labute approximate surface area is 131 Å². The fourth-order valence-electron chi connectivity index (χ4n) is 1.88. The Morgan fingerprint density at radius 2 is 1.79 bits per heavy atom. The molecule has 1 unspecified atom stereocenters. The molecule has 0 aliphatic heterocycles. The van der Waals surface area contributed by atoms with E-state index in [1.807, 2.05) is 42.5 Å². The first-order valence-electron chi connectivity index (χ1n) is 5.75. The van der Waals surface area contributed by atoms with E-state index >= 15 is 0 Å². The quantitative estimate of drug-likeness (QED) is 0.622. The van der Waals surface area contributed by atoms with E-state index in [4.69, 9.17) is 29.0 Å². The Kier molecular flexibility index (Phi) is 5.25. The van der Waals surface area contributed by atoms with Gasteiger partial charge >= 0.3 is 0 Å². The number of benzene rings is 2. The number of hydrogen-bond donors (Lipinski definition) is 2. The highest BCUT2D eigenvalue weighted by molar-refractivity contribution is 9.10. The van der Waals surface area contributed by atoms with Gasteiger partial charge in [0, 0.05) is 14.5 Å². The first-order chi connectivity index (χ1) is 9.10. The number of nitrogens with two attached hydrogens (primary N) is 1. The topological polar surface area (TPSA) is 38.0 Å². The van der Waals surface area contributed by atoms with Crippen molar-refractivity contribution in [1.82, 2.24) is 5.43 Å². The van der Waals surface area contributed by atoms with Gasteiger partial charge in [-0.2, -0.15) is 0 Å². The lowest BCUT2D eigenvalue weighted by molar-refractivity contribution is 0.552. The summed E-state index contributed by atoms with van der Waals surface area (Å²) in [5, 5.41) is 1.43. The fourth-order valence-corrected chi connectivity index (χ4v) is 2.75. The summed E-state index contributed by atoms with van der Waals surface area (Å²) in [5.74, 6) is 5.64. The summed E-state index contributed by atoms with van der Waals surface area (Å²) in [6, 6.07) is 13.5. The molecule has 0 amide bonds. The zero-order valence-corrected chi connectivity index (χ0v) is 13.1. The Bertz CT molecular complexity index is 558. The predicted molar refractivity (Wildman–Crippen MR) is 84.4 cm³/mol. The molecule has 19 heavy (non-hydrogen) atoms. The molecule has 0 aliphatic rings. The summed E-state index contributed by atoms with van der Waals surface area (Å²) >= 11 is 15.5. The second kappa shape index (κ2) is 6.73. The lowest BCUT2D eigenvalue weighted by atomic mass is 9.99. The normalized spacial score (nSPS) is 12.4. The highest BCUT2D eigenvalue weighted by Gasteiger charge is 2.12. The van der Waals surface area contributed by atoms with Crippen molar-refractivity contribution in [3.63, 3.8) is 0 Å². The average molecular weight is 360 g/mol. The van der Waals surface area contributed by atoms with Crippen LogP contribution in [0.4, 0.5) is 0 Å². The Morgan fingerprint density at radius 3 is 2.37 bits per heavy atom. The summed E-state index contributed by atoms with van der Waals surface area (Å²) in [7, 11) is 0. The zero-order valence-electron chi connectivity index (χ0n) is 10.0. The minimum absolute atomic E-state index is 0.00376. The molecule has 0 radical (unpaired) electrons. The SMILES string of the molecule is NNC(Cc1ccc(Br)cc1Cl)c1ccc(Cl)cc1. The van der Waals surface area contributed by atoms with Crippen molar-refractivity contribution in [3.05, 3.63) is 68.1 Å². The molecule has 100 valence electrons. The van der Waals surface area contributed by atoms with Crippen LogP contribution in [0.1, 0.15) is 17.2 Å². The largest absolute Gasteiger partial charge is 0.271 e. The van der Waals surface area contributed by atoms with Crippen LogP contribution in [0.25, 0.3) is 0 Å². The highest BCUT2D eigenvalue weighted by atomic mass is 79.9. The number of nitrogens with one attached hydrogen (secondary N) is 1. The molecule has 0 aromatic heterocycles. The first kappa shape index (κ1) is 14.8. The van der Waals surface area contributed by atoms with Crippen molar-refractivity contribution in [2.75, 3.05) is 0 Å². The first-order valence-corrected chi connectivity index (χ1v) is 7.30. The molecule has 0 bridgehead atoms. The second-order valence-electron chi connectivity index (χ2n) is 4.21. The lowest BCUT2D eigenvalue weighted by Gasteiger charge is -2.17. The molecule has 0 saturated heterocycles. The molecule has 0 spiro atoms. The standard InChI is InChI=1S/C14H13BrCl2N2/c15-11-4-1-10(13(17)8-11)7-14(19-18)9-2-5-12(16)6-3-9/h1-6,8,14,19H,7,18H2. The summed E-state index contributed by atoms with van der Waals surface area (Å²) in [6.45, 7) is 0. The van der Waals surface area contributed by atoms with Crippen molar-refractivity contribution < 1.29 is 0 Å². The van der Waals surface area contributed by atoms with Gasteiger partial charge in [0.25, 0.3) is 0 Å². The maximum absolute atomic E-state index is 6.22. The van der Waals surface area contributed by atoms with Crippen LogP contribution in [0.3, 0.4) is 0 Å². The molecule has 2 nitrogen and oxygen atoms in total. The maximum Gasteiger partial charge on any atom is 0.0500 e. The zero-order chi connectivity index (χ0) is 13.8. The third kappa shape index (κ3) is 3.94. The summed E-state index contributed by atoms with van der Waals surface area (Å²) in [6.07, 6.45) is 0.713.